The molecule has 1 aromatic heterocycles. The standard InChI is InChI=1S/C24H36N6O2.HI/c1-5-29-11-13-30(14-12-29)23-15-20(9-10-26-23)18-28-24(25-3)27-17-19(2)32-22-8-6-7-21(16-22)31-4;/h6-10,15-16,19H,5,11-14,17-18H2,1-4H3,(H2,25,27,28);1H. The minimum absolute atomic E-state index is 0. The molecule has 0 radical (unpaired) electrons. The van der Waals surface area contributed by atoms with Crippen LogP contribution in [0.4, 0.5) is 5.82 Å². The van der Waals surface area contributed by atoms with E-state index >= 15 is 0 Å². The normalized spacial score (nSPS) is 15.4. The summed E-state index contributed by atoms with van der Waals surface area (Å²) in [5, 5.41) is 6.71. The van der Waals surface area contributed by atoms with Gasteiger partial charge in [-0.3, -0.25) is 4.99 Å². The molecule has 0 saturated carbocycles. The molecule has 1 aliphatic heterocycles. The Morgan fingerprint density at radius 2 is 1.88 bits per heavy atom. The van der Waals surface area contributed by atoms with Gasteiger partial charge in [-0.15, -0.1) is 24.0 Å². The van der Waals surface area contributed by atoms with Crippen molar-refractivity contribution in [3.8, 4) is 11.5 Å². The summed E-state index contributed by atoms with van der Waals surface area (Å²) in [6, 6.07) is 11.8. The van der Waals surface area contributed by atoms with Gasteiger partial charge in [0, 0.05) is 52.0 Å². The Kier molecular flexibility index (Phi) is 11.5. The summed E-state index contributed by atoms with van der Waals surface area (Å²) >= 11 is 0. The van der Waals surface area contributed by atoms with Crippen molar-refractivity contribution in [1.82, 2.24) is 20.5 Å². The maximum absolute atomic E-state index is 5.97. The first-order chi connectivity index (χ1) is 15.6. The van der Waals surface area contributed by atoms with E-state index in [2.05, 4.69) is 43.4 Å². The Hall–Kier alpha value is -2.27. The molecular weight excluding hydrogens is 531 g/mol. The number of nitrogens with zero attached hydrogens (tertiary/aromatic N) is 4. The quantitative estimate of drug-likeness (QED) is 0.274. The van der Waals surface area contributed by atoms with Crippen LogP contribution in [0.25, 0.3) is 0 Å². The van der Waals surface area contributed by atoms with Crippen LogP contribution in [0.5, 0.6) is 11.5 Å². The lowest BCUT2D eigenvalue weighted by Gasteiger charge is -2.34. The second-order valence-electron chi connectivity index (χ2n) is 7.86. The lowest BCUT2D eigenvalue weighted by atomic mass is 10.2. The van der Waals surface area contributed by atoms with Crippen LogP contribution in [0.2, 0.25) is 0 Å². The molecule has 0 bridgehead atoms. The highest BCUT2D eigenvalue weighted by molar-refractivity contribution is 14.0. The second-order valence-corrected chi connectivity index (χ2v) is 7.86. The number of pyridine rings is 1. The van der Waals surface area contributed by atoms with Gasteiger partial charge in [0.1, 0.15) is 23.4 Å². The molecule has 2 heterocycles. The number of halogens is 1. The van der Waals surface area contributed by atoms with E-state index in [9.17, 15) is 0 Å². The average Bonchev–Trinajstić information content (AvgIpc) is 2.84. The number of piperazine rings is 1. The van der Waals surface area contributed by atoms with Crippen molar-refractivity contribution in [3.63, 3.8) is 0 Å². The van der Waals surface area contributed by atoms with Crippen LogP contribution in [-0.4, -0.2) is 75.4 Å². The van der Waals surface area contributed by atoms with E-state index in [1.54, 1.807) is 14.2 Å². The topological polar surface area (TPSA) is 74.2 Å². The second kappa shape index (κ2) is 14.1. The smallest absolute Gasteiger partial charge is 0.191 e. The highest BCUT2D eigenvalue weighted by Gasteiger charge is 2.17. The number of likely N-dealkylation sites (N-methyl/N-ethyl adjacent to an activating group) is 1. The molecule has 33 heavy (non-hydrogen) atoms. The van der Waals surface area contributed by atoms with E-state index in [1.165, 1.54) is 5.56 Å². The van der Waals surface area contributed by atoms with Crippen molar-refractivity contribution in [2.75, 3.05) is 58.3 Å². The summed E-state index contributed by atoms with van der Waals surface area (Å²) in [6.07, 6.45) is 1.86. The Morgan fingerprint density at radius 1 is 1.12 bits per heavy atom. The van der Waals surface area contributed by atoms with Gasteiger partial charge in [-0.1, -0.05) is 13.0 Å². The minimum atomic E-state index is -0.0324. The zero-order valence-corrected chi connectivity index (χ0v) is 22.4. The molecule has 1 fully saturated rings. The molecule has 0 spiro atoms. The molecule has 0 aliphatic carbocycles. The molecule has 3 rings (SSSR count). The van der Waals surface area contributed by atoms with E-state index in [1.807, 2.05) is 43.5 Å². The van der Waals surface area contributed by atoms with Crippen molar-refractivity contribution in [1.29, 1.82) is 0 Å². The maximum atomic E-state index is 5.97. The molecule has 9 heteroatoms. The highest BCUT2D eigenvalue weighted by atomic mass is 127. The number of benzene rings is 1. The number of nitrogens with one attached hydrogen (secondary N) is 2. The molecule has 1 aromatic carbocycles. The van der Waals surface area contributed by atoms with Gasteiger partial charge < -0.3 is 29.9 Å². The van der Waals surface area contributed by atoms with E-state index in [-0.39, 0.29) is 30.1 Å². The first kappa shape index (κ1) is 27.0. The van der Waals surface area contributed by atoms with Gasteiger partial charge >= 0.3 is 0 Å². The van der Waals surface area contributed by atoms with Gasteiger partial charge in [0.2, 0.25) is 0 Å². The predicted octanol–water partition coefficient (Wildman–Crippen LogP) is 2.98. The molecule has 8 nitrogen and oxygen atoms in total. The first-order valence-corrected chi connectivity index (χ1v) is 11.3. The van der Waals surface area contributed by atoms with Crippen LogP contribution in [0.1, 0.15) is 19.4 Å². The molecule has 1 atom stereocenters. The number of ether oxygens (including phenoxy) is 2. The maximum Gasteiger partial charge on any atom is 0.191 e. The monoisotopic (exact) mass is 568 g/mol. The van der Waals surface area contributed by atoms with E-state index in [0.29, 0.717) is 13.1 Å². The van der Waals surface area contributed by atoms with E-state index in [0.717, 1.165) is 56.0 Å². The Balaban J connectivity index is 0.00000385. The average molecular weight is 569 g/mol. The van der Waals surface area contributed by atoms with Crippen LogP contribution in [0.15, 0.2) is 47.6 Å². The molecule has 1 aliphatic rings. The summed E-state index contributed by atoms with van der Waals surface area (Å²) in [5.41, 5.74) is 1.18. The van der Waals surface area contributed by atoms with Gasteiger partial charge in [0.05, 0.1) is 13.7 Å². The molecule has 182 valence electrons. The van der Waals surface area contributed by atoms with Gasteiger partial charge in [-0.05, 0) is 43.3 Å². The van der Waals surface area contributed by atoms with Gasteiger partial charge in [0.25, 0.3) is 0 Å². The zero-order chi connectivity index (χ0) is 22.8. The summed E-state index contributed by atoms with van der Waals surface area (Å²) in [6.45, 7) is 10.9. The number of anilines is 1. The fourth-order valence-electron chi connectivity index (χ4n) is 3.63. The Bertz CT molecular complexity index is 874. The van der Waals surface area contributed by atoms with Gasteiger partial charge in [0.15, 0.2) is 5.96 Å². The van der Waals surface area contributed by atoms with Crippen molar-refractivity contribution in [2.24, 2.45) is 4.99 Å². The van der Waals surface area contributed by atoms with Crippen LogP contribution in [-0.2, 0) is 6.54 Å². The van der Waals surface area contributed by atoms with Crippen molar-refractivity contribution in [3.05, 3.63) is 48.2 Å². The van der Waals surface area contributed by atoms with Crippen LogP contribution in [0.3, 0.4) is 0 Å². The van der Waals surface area contributed by atoms with Crippen LogP contribution < -0.4 is 25.0 Å². The molecule has 1 saturated heterocycles. The fourth-order valence-corrected chi connectivity index (χ4v) is 3.63. The third kappa shape index (κ3) is 8.54. The summed E-state index contributed by atoms with van der Waals surface area (Å²) in [7, 11) is 3.42. The summed E-state index contributed by atoms with van der Waals surface area (Å²) in [5.74, 6) is 3.35. The number of methoxy groups -OCH3 is 1. The first-order valence-electron chi connectivity index (χ1n) is 11.3. The van der Waals surface area contributed by atoms with Gasteiger partial charge in [-0.25, -0.2) is 4.98 Å². The Labute approximate surface area is 214 Å². The van der Waals surface area contributed by atoms with Crippen molar-refractivity contribution in [2.45, 2.75) is 26.5 Å². The van der Waals surface area contributed by atoms with Crippen molar-refractivity contribution < 1.29 is 9.47 Å². The largest absolute Gasteiger partial charge is 0.497 e. The number of hydrogen-bond acceptors (Lipinski definition) is 6. The summed E-state index contributed by atoms with van der Waals surface area (Å²) in [4.78, 5) is 13.7. The number of aromatic nitrogens is 1. The Morgan fingerprint density at radius 3 is 2.58 bits per heavy atom. The molecular formula is C24H37IN6O2. The van der Waals surface area contributed by atoms with Crippen LogP contribution >= 0.6 is 24.0 Å². The van der Waals surface area contributed by atoms with Crippen LogP contribution in [0, 0.1) is 0 Å². The highest BCUT2D eigenvalue weighted by Crippen LogP contribution is 2.20. The number of aliphatic imine (C=N–C) groups is 1. The number of rotatable bonds is 9. The molecule has 0 amide bonds. The lowest BCUT2D eigenvalue weighted by Crippen LogP contribution is -2.46. The number of guanidine groups is 1. The number of hydrogen-bond donors (Lipinski definition) is 2. The minimum Gasteiger partial charge on any atom is -0.497 e. The fraction of sp³-hybridized carbons (Fsp3) is 0.500. The van der Waals surface area contributed by atoms with Crippen molar-refractivity contribution >= 4 is 35.8 Å². The molecule has 2 N–H and O–H groups in total. The third-order valence-corrected chi connectivity index (χ3v) is 5.57. The molecule has 2 aromatic rings. The SMILES string of the molecule is CCN1CCN(c2cc(CNC(=NC)NCC(C)Oc3cccc(OC)c3)ccn2)CC1.I. The third-order valence-electron chi connectivity index (χ3n) is 5.57. The van der Waals surface area contributed by atoms with E-state index < -0.39 is 0 Å². The zero-order valence-electron chi connectivity index (χ0n) is 20.1. The van der Waals surface area contributed by atoms with E-state index in [4.69, 9.17) is 9.47 Å². The van der Waals surface area contributed by atoms with Gasteiger partial charge in [-0.2, -0.15) is 0 Å². The predicted molar refractivity (Wildman–Crippen MR) is 145 cm³/mol. The molecule has 1 unspecified atom stereocenters. The lowest BCUT2D eigenvalue weighted by molar-refractivity contribution is 0.223. The summed E-state index contributed by atoms with van der Waals surface area (Å²) < 4.78 is 11.2.